The summed E-state index contributed by atoms with van der Waals surface area (Å²) in [5.41, 5.74) is 4.56. The molecule has 1 N–H and O–H groups in total. The van der Waals surface area contributed by atoms with E-state index in [9.17, 15) is 0 Å². The summed E-state index contributed by atoms with van der Waals surface area (Å²) < 4.78 is 2.87. The van der Waals surface area contributed by atoms with Crippen LogP contribution in [0.15, 0.2) is 59.6 Å². The summed E-state index contributed by atoms with van der Waals surface area (Å²) >= 11 is 3.60. The molecule has 106 valence electrons. The Kier molecular flexibility index (Phi) is 4.01. The summed E-state index contributed by atoms with van der Waals surface area (Å²) in [5, 5.41) is 7.53. The van der Waals surface area contributed by atoms with Gasteiger partial charge in [-0.25, -0.2) is 9.67 Å². The van der Waals surface area contributed by atoms with E-state index in [-0.39, 0.29) is 0 Å². The van der Waals surface area contributed by atoms with Crippen LogP contribution >= 0.6 is 15.9 Å². The van der Waals surface area contributed by atoms with Crippen molar-refractivity contribution in [3.63, 3.8) is 0 Å². The smallest absolute Gasteiger partial charge is 0.138 e. The van der Waals surface area contributed by atoms with E-state index in [1.165, 1.54) is 17.5 Å². The molecule has 0 saturated heterocycles. The number of hydrogen-bond acceptors (Lipinski definition) is 3. The first kappa shape index (κ1) is 13.8. The Bertz CT molecular complexity index is 721. The molecular formula is C16H15BrN4. The van der Waals surface area contributed by atoms with Gasteiger partial charge in [0.2, 0.25) is 0 Å². The fraction of sp³-hybridized carbons (Fsp3) is 0.125. The molecule has 1 heterocycles. The number of anilines is 1. The highest BCUT2D eigenvalue weighted by Crippen LogP contribution is 2.20. The van der Waals surface area contributed by atoms with Crippen LogP contribution in [0.1, 0.15) is 11.1 Å². The first-order chi connectivity index (χ1) is 10.2. The van der Waals surface area contributed by atoms with Crippen molar-refractivity contribution in [3.05, 3.63) is 70.7 Å². The second-order valence-corrected chi connectivity index (χ2v) is 5.69. The molecule has 4 nitrogen and oxygen atoms in total. The third kappa shape index (κ3) is 3.31. The fourth-order valence-corrected chi connectivity index (χ4v) is 2.70. The number of aromatic nitrogens is 3. The Labute approximate surface area is 132 Å². The summed E-state index contributed by atoms with van der Waals surface area (Å²) in [6.45, 7) is 2.87. The standard InChI is InChI=1S/C16H15BrN4/c1-12-2-3-13(16(17)8-12)9-19-14-4-6-15(7-5-14)21-11-18-10-20-21/h2-8,10-11,19H,9H2,1H3. The summed E-state index contributed by atoms with van der Waals surface area (Å²) in [4.78, 5) is 3.94. The predicted octanol–water partition coefficient (Wildman–Crippen LogP) is 3.95. The van der Waals surface area contributed by atoms with Gasteiger partial charge in [0.1, 0.15) is 12.7 Å². The molecule has 0 spiro atoms. The molecule has 2 aromatic carbocycles. The maximum Gasteiger partial charge on any atom is 0.138 e. The highest BCUT2D eigenvalue weighted by molar-refractivity contribution is 9.10. The molecule has 0 fully saturated rings. The number of rotatable bonds is 4. The van der Waals surface area contributed by atoms with Crippen LogP contribution in [0.2, 0.25) is 0 Å². The Morgan fingerprint density at radius 2 is 1.95 bits per heavy atom. The maximum atomic E-state index is 4.11. The van der Waals surface area contributed by atoms with Crippen LogP contribution in [-0.2, 0) is 6.54 Å². The molecule has 0 amide bonds. The lowest BCUT2D eigenvalue weighted by Gasteiger charge is -2.09. The number of nitrogens with zero attached hydrogens (tertiary/aromatic N) is 3. The van der Waals surface area contributed by atoms with Gasteiger partial charge in [-0.2, -0.15) is 5.10 Å². The third-order valence-electron chi connectivity index (χ3n) is 3.24. The topological polar surface area (TPSA) is 42.7 Å². The number of halogens is 1. The second-order valence-electron chi connectivity index (χ2n) is 4.84. The van der Waals surface area contributed by atoms with Gasteiger partial charge in [0.05, 0.1) is 5.69 Å². The van der Waals surface area contributed by atoms with E-state index < -0.39 is 0 Å². The van der Waals surface area contributed by atoms with Crippen molar-refractivity contribution in [1.82, 2.24) is 14.8 Å². The zero-order chi connectivity index (χ0) is 14.7. The van der Waals surface area contributed by atoms with Crippen LogP contribution in [0.25, 0.3) is 5.69 Å². The molecule has 0 atom stereocenters. The molecule has 21 heavy (non-hydrogen) atoms. The summed E-state index contributed by atoms with van der Waals surface area (Å²) in [6, 6.07) is 14.5. The van der Waals surface area contributed by atoms with Crippen LogP contribution in [0.4, 0.5) is 5.69 Å². The van der Waals surface area contributed by atoms with Crippen LogP contribution in [0.3, 0.4) is 0 Å². The molecule has 5 heteroatoms. The van der Waals surface area contributed by atoms with Crippen molar-refractivity contribution in [2.24, 2.45) is 0 Å². The van der Waals surface area contributed by atoms with Crippen molar-refractivity contribution in [2.75, 3.05) is 5.32 Å². The summed E-state index contributed by atoms with van der Waals surface area (Å²) in [5.74, 6) is 0. The highest BCUT2D eigenvalue weighted by Gasteiger charge is 2.01. The van der Waals surface area contributed by atoms with E-state index in [0.717, 1.165) is 22.4 Å². The van der Waals surface area contributed by atoms with Gasteiger partial charge < -0.3 is 5.32 Å². The van der Waals surface area contributed by atoms with Gasteiger partial charge in [0.25, 0.3) is 0 Å². The number of nitrogens with one attached hydrogen (secondary N) is 1. The minimum Gasteiger partial charge on any atom is -0.381 e. The monoisotopic (exact) mass is 342 g/mol. The minimum atomic E-state index is 0.781. The van der Waals surface area contributed by atoms with Gasteiger partial charge in [-0.15, -0.1) is 0 Å². The van der Waals surface area contributed by atoms with Gasteiger partial charge >= 0.3 is 0 Å². The third-order valence-corrected chi connectivity index (χ3v) is 3.98. The largest absolute Gasteiger partial charge is 0.381 e. The minimum absolute atomic E-state index is 0.781. The molecule has 0 bridgehead atoms. The molecule has 1 aromatic heterocycles. The van der Waals surface area contributed by atoms with E-state index in [2.05, 4.69) is 56.5 Å². The molecule has 0 aliphatic carbocycles. The molecule has 3 aromatic rings. The normalized spacial score (nSPS) is 10.6. The van der Waals surface area contributed by atoms with Crippen molar-refractivity contribution in [1.29, 1.82) is 0 Å². The first-order valence-electron chi connectivity index (χ1n) is 6.66. The van der Waals surface area contributed by atoms with E-state index in [1.807, 2.05) is 24.3 Å². The maximum absolute atomic E-state index is 4.11. The molecule has 0 aliphatic rings. The number of aryl methyl sites for hydroxylation is 1. The Morgan fingerprint density at radius 1 is 1.14 bits per heavy atom. The number of benzene rings is 2. The van der Waals surface area contributed by atoms with Crippen LogP contribution in [0.5, 0.6) is 0 Å². The molecule has 0 unspecified atom stereocenters. The van der Waals surface area contributed by atoms with Gasteiger partial charge in [-0.05, 0) is 48.4 Å². The van der Waals surface area contributed by atoms with Crippen LogP contribution in [-0.4, -0.2) is 14.8 Å². The van der Waals surface area contributed by atoms with Gasteiger partial charge in [-0.1, -0.05) is 28.1 Å². The lowest BCUT2D eigenvalue weighted by Crippen LogP contribution is -2.01. The van der Waals surface area contributed by atoms with Gasteiger partial charge in [0.15, 0.2) is 0 Å². The van der Waals surface area contributed by atoms with Crippen molar-refractivity contribution in [3.8, 4) is 5.69 Å². The van der Waals surface area contributed by atoms with E-state index in [0.29, 0.717) is 0 Å². The average molecular weight is 343 g/mol. The Morgan fingerprint density at radius 3 is 2.62 bits per heavy atom. The van der Waals surface area contributed by atoms with E-state index in [4.69, 9.17) is 0 Å². The zero-order valence-electron chi connectivity index (χ0n) is 11.6. The van der Waals surface area contributed by atoms with Crippen molar-refractivity contribution < 1.29 is 0 Å². The predicted molar refractivity (Wildman–Crippen MR) is 87.6 cm³/mol. The SMILES string of the molecule is Cc1ccc(CNc2ccc(-n3cncn3)cc2)c(Br)c1. The summed E-state index contributed by atoms with van der Waals surface area (Å²) in [7, 11) is 0. The van der Waals surface area contributed by atoms with Gasteiger partial charge in [-0.3, -0.25) is 0 Å². The lowest BCUT2D eigenvalue weighted by atomic mass is 10.1. The van der Waals surface area contributed by atoms with Crippen LogP contribution < -0.4 is 5.32 Å². The fourth-order valence-electron chi connectivity index (χ4n) is 2.07. The quantitative estimate of drug-likeness (QED) is 0.780. The van der Waals surface area contributed by atoms with Gasteiger partial charge in [0, 0.05) is 16.7 Å². The highest BCUT2D eigenvalue weighted by atomic mass is 79.9. The van der Waals surface area contributed by atoms with E-state index in [1.54, 1.807) is 11.0 Å². The molecule has 3 rings (SSSR count). The molecular weight excluding hydrogens is 328 g/mol. The zero-order valence-corrected chi connectivity index (χ0v) is 13.2. The van der Waals surface area contributed by atoms with Crippen molar-refractivity contribution in [2.45, 2.75) is 13.5 Å². The Balaban J connectivity index is 1.68. The lowest BCUT2D eigenvalue weighted by molar-refractivity contribution is 0.879. The molecule has 0 saturated carbocycles. The molecule has 0 aliphatic heterocycles. The first-order valence-corrected chi connectivity index (χ1v) is 7.45. The second kappa shape index (κ2) is 6.10. The van der Waals surface area contributed by atoms with Crippen molar-refractivity contribution >= 4 is 21.6 Å². The summed E-state index contributed by atoms with van der Waals surface area (Å²) in [6.07, 6.45) is 3.22. The van der Waals surface area contributed by atoms with E-state index >= 15 is 0 Å². The molecule has 0 radical (unpaired) electrons. The number of hydrogen-bond donors (Lipinski definition) is 1. The Hall–Kier alpha value is -2.14. The average Bonchev–Trinajstić information content (AvgIpc) is 3.01. The van der Waals surface area contributed by atoms with Crippen LogP contribution in [0, 0.1) is 6.92 Å².